The van der Waals surface area contributed by atoms with Gasteiger partial charge in [-0.3, -0.25) is 0 Å². The minimum atomic E-state index is -4.44. The van der Waals surface area contributed by atoms with Crippen LogP contribution in [0.1, 0.15) is 24.3 Å². The van der Waals surface area contributed by atoms with Crippen molar-refractivity contribution in [1.29, 1.82) is 0 Å². The van der Waals surface area contributed by atoms with Crippen LogP contribution >= 0.6 is 11.3 Å². The summed E-state index contributed by atoms with van der Waals surface area (Å²) in [4.78, 5) is 2.03. The SMILES string of the molecule is Cc1nnc(-c2nnc(N3CCC(Oc4ccccc4C(F)(F)F)CC3)s2)o1. The lowest BCUT2D eigenvalue weighted by Crippen LogP contribution is -2.38. The van der Waals surface area contributed by atoms with Crippen LogP contribution in [0.4, 0.5) is 18.3 Å². The first-order valence-electron chi connectivity index (χ1n) is 8.62. The lowest BCUT2D eigenvalue weighted by atomic mass is 10.1. The summed E-state index contributed by atoms with van der Waals surface area (Å²) >= 11 is 1.33. The zero-order valence-electron chi connectivity index (χ0n) is 14.8. The smallest absolute Gasteiger partial charge is 0.419 e. The maximum absolute atomic E-state index is 13.1. The standard InChI is InChI=1S/C17H16F3N5O2S/c1-10-21-22-14(26-10)15-23-24-16(28-15)25-8-6-11(7-9-25)27-13-5-3-2-4-12(13)17(18,19)20/h2-5,11H,6-9H2,1H3. The zero-order chi connectivity index (χ0) is 19.7. The molecule has 11 heteroatoms. The second-order valence-corrected chi connectivity index (χ2v) is 7.27. The van der Waals surface area contributed by atoms with Gasteiger partial charge in [0, 0.05) is 32.9 Å². The van der Waals surface area contributed by atoms with Crippen LogP contribution in [0.2, 0.25) is 0 Å². The van der Waals surface area contributed by atoms with E-state index in [9.17, 15) is 13.2 Å². The van der Waals surface area contributed by atoms with E-state index in [4.69, 9.17) is 9.15 Å². The Hall–Kier alpha value is -2.69. The van der Waals surface area contributed by atoms with Crippen molar-refractivity contribution in [2.75, 3.05) is 18.0 Å². The molecule has 0 atom stereocenters. The van der Waals surface area contributed by atoms with Crippen LogP contribution in [-0.4, -0.2) is 39.6 Å². The summed E-state index contributed by atoms with van der Waals surface area (Å²) < 4.78 is 50.3. The van der Waals surface area contributed by atoms with E-state index in [0.29, 0.717) is 47.9 Å². The Morgan fingerprint density at radius 3 is 2.54 bits per heavy atom. The van der Waals surface area contributed by atoms with Gasteiger partial charge in [0.25, 0.3) is 5.89 Å². The van der Waals surface area contributed by atoms with Gasteiger partial charge in [-0.2, -0.15) is 13.2 Å². The lowest BCUT2D eigenvalue weighted by Gasteiger charge is -2.32. The van der Waals surface area contributed by atoms with Crippen molar-refractivity contribution in [2.24, 2.45) is 0 Å². The summed E-state index contributed by atoms with van der Waals surface area (Å²) in [6.45, 7) is 2.91. The fourth-order valence-electron chi connectivity index (χ4n) is 2.96. The van der Waals surface area contributed by atoms with Crippen molar-refractivity contribution in [3.05, 3.63) is 35.7 Å². The number of alkyl halides is 3. The van der Waals surface area contributed by atoms with Crippen LogP contribution in [0.3, 0.4) is 0 Å². The van der Waals surface area contributed by atoms with Gasteiger partial charge in [0.1, 0.15) is 11.9 Å². The average Bonchev–Trinajstić information content (AvgIpc) is 3.31. The van der Waals surface area contributed by atoms with Gasteiger partial charge in [0.05, 0.1) is 5.56 Å². The number of ether oxygens (including phenoxy) is 1. The van der Waals surface area contributed by atoms with Gasteiger partial charge in [0.15, 0.2) is 0 Å². The van der Waals surface area contributed by atoms with Crippen LogP contribution in [0, 0.1) is 6.92 Å². The number of aromatic nitrogens is 4. The highest BCUT2D eigenvalue weighted by Gasteiger charge is 2.35. The molecule has 1 saturated heterocycles. The van der Waals surface area contributed by atoms with Gasteiger partial charge in [-0.1, -0.05) is 23.5 Å². The third-order valence-electron chi connectivity index (χ3n) is 4.32. The van der Waals surface area contributed by atoms with E-state index in [-0.39, 0.29) is 11.9 Å². The Morgan fingerprint density at radius 2 is 1.86 bits per heavy atom. The van der Waals surface area contributed by atoms with Crippen molar-refractivity contribution in [1.82, 2.24) is 20.4 Å². The summed E-state index contributed by atoms with van der Waals surface area (Å²) in [5.41, 5.74) is -0.749. The maximum Gasteiger partial charge on any atom is 0.419 e. The first-order valence-corrected chi connectivity index (χ1v) is 9.43. The first-order chi connectivity index (χ1) is 13.4. The van der Waals surface area contributed by atoms with Crippen LogP contribution in [0.25, 0.3) is 10.9 Å². The van der Waals surface area contributed by atoms with E-state index in [1.807, 2.05) is 4.90 Å². The molecule has 3 heterocycles. The molecule has 1 aliphatic rings. The Labute approximate surface area is 162 Å². The normalized spacial score (nSPS) is 15.8. The average molecular weight is 411 g/mol. The highest BCUT2D eigenvalue weighted by Crippen LogP contribution is 2.37. The van der Waals surface area contributed by atoms with Gasteiger partial charge in [0.2, 0.25) is 16.0 Å². The number of hydrogen-bond acceptors (Lipinski definition) is 8. The number of hydrogen-bond donors (Lipinski definition) is 0. The minimum absolute atomic E-state index is 0.126. The molecule has 148 valence electrons. The molecule has 4 rings (SSSR count). The molecule has 28 heavy (non-hydrogen) atoms. The Balaban J connectivity index is 1.39. The van der Waals surface area contributed by atoms with Crippen molar-refractivity contribution in [2.45, 2.75) is 32.0 Å². The van der Waals surface area contributed by atoms with Gasteiger partial charge >= 0.3 is 6.18 Å². The number of anilines is 1. The molecule has 0 spiro atoms. The Morgan fingerprint density at radius 1 is 1.11 bits per heavy atom. The quantitative estimate of drug-likeness (QED) is 0.643. The van der Waals surface area contributed by atoms with Gasteiger partial charge in [-0.25, -0.2) is 0 Å². The molecule has 1 aliphatic heterocycles. The van der Waals surface area contributed by atoms with Crippen LogP contribution in [0.5, 0.6) is 5.75 Å². The maximum atomic E-state index is 13.1. The largest absolute Gasteiger partial charge is 0.490 e. The van der Waals surface area contributed by atoms with E-state index in [1.54, 1.807) is 13.0 Å². The van der Waals surface area contributed by atoms with Gasteiger partial charge < -0.3 is 14.1 Å². The molecule has 1 fully saturated rings. The van der Waals surface area contributed by atoms with E-state index < -0.39 is 11.7 Å². The molecular weight excluding hydrogens is 395 g/mol. The predicted octanol–water partition coefficient (Wildman–Crippen LogP) is 3.96. The number of rotatable bonds is 4. The monoisotopic (exact) mass is 411 g/mol. The molecular formula is C17H16F3N5O2S. The third-order valence-corrected chi connectivity index (χ3v) is 5.29. The number of aryl methyl sites for hydroxylation is 1. The third kappa shape index (κ3) is 3.93. The highest BCUT2D eigenvalue weighted by molar-refractivity contribution is 7.18. The molecule has 0 amide bonds. The zero-order valence-corrected chi connectivity index (χ0v) is 15.6. The number of benzene rings is 1. The number of nitrogens with zero attached hydrogens (tertiary/aromatic N) is 5. The Bertz CT molecular complexity index is 950. The summed E-state index contributed by atoms with van der Waals surface area (Å²) in [5, 5.41) is 17.2. The van der Waals surface area contributed by atoms with Gasteiger partial charge in [-0.05, 0) is 12.1 Å². The van der Waals surface area contributed by atoms with E-state index >= 15 is 0 Å². The number of piperidine rings is 1. The second kappa shape index (κ2) is 7.38. The molecule has 2 aromatic heterocycles. The second-order valence-electron chi connectivity index (χ2n) is 6.31. The van der Waals surface area contributed by atoms with E-state index in [1.165, 1.54) is 23.5 Å². The summed E-state index contributed by atoms with van der Waals surface area (Å²) in [6, 6.07) is 5.29. The van der Waals surface area contributed by atoms with Crippen LogP contribution in [-0.2, 0) is 6.18 Å². The summed E-state index contributed by atoms with van der Waals surface area (Å²) in [7, 11) is 0. The molecule has 0 aliphatic carbocycles. The lowest BCUT2D eigenvalue weighted by molar-refractivity contribution is -0.139. The van der Waals surface area contributed by atoms with Crippen molar-refractivity contribution >= 4 is 16.5 Å². The Kier molecular flexibility index (Phi) is 4.92. The molecule has 0 radical (unpaired) electrons. The summed E-state index contributed by atoms with van der Waals surface area (Å²) in [6.07, 6.45) is -3.56. The van der Waals surface area contributed by atoms with Crippen molar-refractivity contribution in [3.63, 3.8) is 0 Å². The molecule has 0 unspecified atom stereocenters. The van der Waals surface area contributed by atoms with Gasteiger partial charge in [-0.15, -0.1) is 20.4 Å². The number of halogens is 3. The highest BCUT2D eigenvalue weighted by atomic mass is 32.1. The summed E-state index contributed by atoms with van der Waals surface area (Å²) in [5.74, 6) is 0.644. The first kappa shape index (κ1) is 18.7. The molecule has 7 nitrogen and oxygen atoms in total. The molecule has 3 aromatic rings. The molecule has 0 bridgehead atoms. The molecule has 0 N–H and O–H groups in total. The predicted molar refractivity (Wildman–Crippen MR) is 95.2 cm³/mol. The van der Waals surface area contributed by atoms with Crippen molar-refractivity contribution < 1.29 is 22.3 Å². The van der Waals surface area contributed by atoms with Crippen LogP contribution in [0.15, 0.2) is 28.7 Å². The number of para-hydroxylation sites is 1. The molecule has 0 saturated carbocycles. The van der Waals surface area contributed by atoms with E-state index in [2.05, 4.69) is 20.4 Å². The van der Waals surface area contributed by atoms with Crippen molar-refractivity contribution in [3.8, 4) is 16.6 Å². The van der Waals surface area contributed by atoms with E-state index in [0.717, 1.165) is 6.07 Å². The molecule has 1 aromatic carbocycles. The van der Waals surface area contributed by atoms with Crippen LogP contribution < -0.4 is 9.64 Å². The minimum Gasteiger partial charge on any atom is -0.490 e. The fraction of sp³-hybridized carbons (Fsp3) is 0.412. The topological polar surface area (TPSA) is 77.2 Å². The fourth-order valence-corrected chi connectivity index (χ4v) is 3.78.